The van der Waals surface area contributed by atoms with Crippen LogP contribution in [0.25, 0.3) is 0 Å². The summed E-state index contributed by atoms with van der Waals surface area (Å²) in [5.74, 6) is 0.0404. The highest BCUT2D eigenvalue weighted by Gasteiger charge is 2.35. The second kappa shape index (κ2) is 6.69. The van der Waals surface area contributed by atoms with Crippen molar-refractivity contribution in [1.82, 2.24) is 19.8 Å². The van der Waals surface area contributed by atoms with Gasteiger partial charge < -0.3 is 4.90 Å². The number of piperidine rings is 1. The van der Waals surface area contributed by atoms with E-state index in [0.29, 0.717) is 13.0 Å². The number of halogens is 1. The van der Waals surface area contributed by atoms with Crippen LogP contribution in [0.1, 0.15) is 30.7 Å². The van der Waals surface area contributed by atoms with E-state index >= 15 is 0 Å². The Hall–Kier alpha value is -1.56. The molecule has 6 heteroatoms. The van der Waals surface area contributed by atoms with Crippen molar-refractivity contribution in [3.63, 3.8) is 0 Å². The molecule has 1 aromatic rings. The minimum atomic E-state index is -0.382. The molecule has 1 atom stereocenters. The summed E-state index contributed by atoms with van der Waals surface area (Å²) in [5, 5.41) is 0. The molecule has 0 bridgehead atoms. The van der Waals surface area contributed by atoms with Gasteiger partial charge in [-0.2, -0.15) is 0 Å². The molecule has 2 aliphatic rings. The number of carbonyl (C=O) groups is 1. The van der Waals surface area contributed by atoms with Crippen LogP contribution in [0, 0.1) is 12.8 Å². The Morgan fingerprint density at radius 1 is 1.27 bits per heavy atom. The van der Waals surface area contributed by atoms with Crippen molar-refractivity contribution < 1.29 is 9.18 Å². The third-order valence-electron chi connectivity index (χ3n) is 4.81. The summed E-state index contributed by atoms with van der Waals surface area (Å²) < 4.78 is 12.8. The molecule has 0 N–H and O–H groups in total. The summed E-state index contributed by atoms with van der Waals surface area (Å²) in [6.07, 6.45) is 5.75. The lowest BCUT2D eigenvalue weighted by Gasteiger charge is -2.36. The number of alkyl halides is 1. The zero-order chi connectivity index (χ0) is 15.5. The summed E-state index contributed by atoms with van der Waals surface area (Å²) in [4.78, 5) is 24.9. The Labute approximate surface area is 130 Å². The third-order valence-corrected chi connectivity index (χ3v) is 4.81. The summed E-state index contributed by atoms with van der Waals surface area (Å²) >= 11 is 0. The molecule has 2 saturated heterocycles. The van der Waals surface area contributed by atoms with Crippen molar-refractivity contribution in [2.45, 2.75) is 38.8 Å². The Balaban J connectivity index is 1.53. The van der Waals surface area contributed by atoms with Crippen LogP contribution in [0.15, 0.2) is 12.4 Å². The fourth-order valence-electron chi connectivity index (χ4n) is 3.46. The van der Waals surface area contributed by atoms with Crippen molar-refractivity contribution >= 4 is 5.91 Å². The van der Waals surface area contributed by atoms with E-state index < -0.39 is 0 Å². The smallest absolute Gasteiger partial charge is 0.223 e. The Kier molecular flexibility index (Phi) is 4.66. The van der Waals surface area contributed by atoms with Gasteiger partial charge >= 0.3 is 0 Å². The van der Waals surface area contributed by atoms with Gasteiger partial charge in [-0.25, -0.2) is 0 Å². The van der Waals surface area contributed by atoms with Gasteiger partial charge in [0.1, 0.15) is 0 Å². The lowest BCUT2D eigenvalue weighted by Crippen LogP contribution is -2.45. The third kappa shape index (κ3) is 3.27. The minimum absolute atomic E-state index is 0.0900. The quantitative estimate of drug-likeness (QED) is 0.847. The largest absolute Gasteiger partial charge is 0.339 e. The first-order valence-electron chi connectivity index (χ1n) is 8.01. The molecule has 2 fully saturated rings. The Morgan fingerprint density at radius 3 is 2.64 bits per heavy atom. The number of rotatable bonds is 4. The van der Waals surface area contributed by atoms with Crippen LogP contribution in [-0.4, -0.2) is 58.0 Å². The van der Waals surface area contributed by atoms with Crippen molar-refractivity contribution in [3.05, 3.63) is 23.8 Å². The number of likely N-dealkylation sites (tertiary alicyclic amines) is 2. The molecular formula is C16H23FN4O. The molecule has 0 spiro atoms. The highest BCUT2D eigenvalue weighted by molar-refractivity contribution is 5.79. The molecule has 2 aliphatic heterocycles. The average molecular weight is 306 g/mol. The average Bonchev–Trinajstić information content (AvgIpc) is 2.91. The lowest BCUT2D eigenvalue weighted by atomic mass is 10.0. The summed E-state index contributed by atoms with van der Waals surface area (Å²) in [6.45, 7) is 4.91. The first-order chi connectivity index (χ1) is 10.7. The highest BCUT2D eigenvalue weighted by atomic mass is 19.1. The van der Waals surface area contributed by atoms with Crippen molar-refractivity contribution in [3.8, 4) is 0 Å². The molecule has 0 saturated carbocycles. The van der Waals surface area contributed by atoms with E-state index in [0.717, 1.165) is 43.9 Å². The van der Waals surface area contributed by atoms with Crippen LogP contribution in [0.4, 0.5) is 4.39 Å². The van der Waals surface area contributed by atoms with Crippen molar-refractivity contribution in [2.75, 3.05) is 26.3 Å². The number of aryl methyl sites for hydroxylation is 1. The second-order valence-corrected chi connectivity index (χ2v) is 6.37. The van der Waals surface area contributed by atoms with Gasteiger partial charge in [-0.05, 0) is 19.8 Å². The summed E-state index contributed by atoms with van der Waals surface area (Å²) in [5.41, 5.74) is 2.00. The van der Waals surface area contributed by atoms with Gasteiger partial charge in [-0.3, -0.25) is 24.1 Å². The molecule has 3 heterocycles. The minimum Gasteiger partial charge on any atom is -0.339 e. The maximum absolute atomic E-state index is 12.8. The van der Waals surface area contributed by atoms with E-state index in [2.05, 4.69) is 14.9 Å². The Morgan fingerprint density at radius 2 is 2.00 bits per heavy atom. The van der Waals surface area contributed by atoms with E-state index in [1.807, 2.05) is 11.8 Å². The number of hydrogen-bond donors (Lipinski definition) is 0. The standard InChI is InChI=1S/C16H23FN4O/c1-12-15(19-5-4-18-12)11-20-6-2-14(3-7-20)21-10-13(9-17)8-16(21)22/h4-5,13-14H,2-3,6-11H2,1H3. The van der Waals surface area contributed by atoms with Crippen LogP contribution in [0.2, 0.25) is 0 Å². The zero-order valence-corrected chi connectivity index (χ0v) is 13.0. The molecule has 3 rings (SSSR count). The van der Waals surface area contributed by atoms with E-state index in [1.165, 1.54) is 0 Å². The fraction of sp³-hybridized carbons (Fsp3) is 0.688. The molecular weight excluding hydrogens is 283 g/mol. The molecule has 1 amide bonds. The Bertz CT molecular complexity index is 531. The molecule has 0 radical (unpaired) electrons. The predicted octanol–water partition coefficient (Wildman–Crippen LogP) is 1.57. The van der Waals surface area contributed by atoms with Crippen LogP contribution < -0.4 is 0 Å². The monoisotopic (exact) mass is 306 g/mol. The van der Waals surface area contributed by atoms with Gasteiger partial charge in [-0.15, -0.1) is 0 Å². The van der Waals surface area contributed by atoms with Gasteiger partial charge in [0.05, 0.1) is 18.1 Å². The molecule has 5 nitrogen and oxygen atoms in total. The van der Waals surface area contributed by atoms with E-state index in [4.69, 9.17) is 0 Å². The lowest BCUT2D eigenvalue weighted by molar-refractivity contribution is -0.130. The molecule has 1 aromatic heterocycles. The van der Waals surface area contributed by atoms with E-state index in [-0.39, 0.29) is 24.5 Å². The van der Waals surface area contributed by atoms with Gasteiger partial charge in [0.25, 0.3) is 0 Å². The van der Waals surface area contributed by atoms with Gasteiger partial charge in [0.15, 0.2) is 0 Å². The highest BCUT2D eigenvalue weighted by Crippen LogP contribution is 2.26. The first kappa shape index (κ1) is 15.3. The number of amides is 1. The van der Waals surface area contributed by atoms with E-state index in [1.54, 1.807) is 12.4 Å². The van der Waals surface area contributed by atoms with Crippen LogP contribution >= 0.6 is 0 Å². The van der Waals surface area contributed by atoms with E-state index in [9.17, 15) is 9.18 Å². The number of hydrogen-bond acceptors (Lipinski definition) is 4. The van der Waals surface area contributed by atoms with Crippen molar-refractivity contribution in [2.24, 2.45) is 5.92 Å². The maximum atomic E-state index is 12.8. The normalized spacial score (nSPS) is 24.2. The SMILES string of the molecule is Cc1nccnc1CN1CCC(N2CC(CF)CC2=O)CC1. The van der Waals surface area contributed by atoms with Crippen LogP contribution in [0.5, 0.6) is 0 Å². The second-order valence-electron chi connectivity index (χ2n) is 6.37. The molecule has 1 unspecified atom stereocenters. The molecule has 22 heavy (non-hydrogen) atoms. The van der Waals surface area contributed by atoms with Crippen LogP contribution in [0.3, 0.4) is 0 Å². The molecule has 0 aliphatic carbocycles. The molecule has 120 valence electrons. The van der Waals surface area contributed by atoms with Gasteiger partial charge in [0.2, 0.25) is 5.91 Å². The number of nitrogens with zero attached hydrogens (tertiary/aromatic N) is 4. The van der Waals surface area contributed by atoms with Crippen LogP contribution in [-0.2, 0) is 11.3 Å². The summed E-state index contributed by atoms with van der Waals surface area (Å²) in [7, 11) is 0. The number of aromatic nitrogens is 2. The predicted molar refractivity (Wildman–Crippen MR) is 80.9 cm³/mol. The zero-order valence-electron chi connectivity index (χ0n) is 13.0. The van der Waals surface area contributed by atoms with Crippen molar-refractivity contribution in [1.29, 1.82) is 0 Å². The topological polar surface area (TPSA) is 49.3 Å². The maximum Gasteiger partial charge on any atom is 0.223 e. The first-order valence-corrected chi connectivity index (χ1v) is 8.01. The summed E-state index contributed by atoms with van der Waals surface area (Å²) in [6, 6.07) is 0.281. The molecule has 0 aromatic carbocycles. The fourth-order valence-corrected chi connectivity index (χ4v) is 3.46. The van der Waals surface area contributed by atoms with Gasteiger partial charge in [0, 0.05) is 57.0 Å². The van der Waals surface area contributed by atoms with Gasteiger partial charge in [-0.1, -0.05) is 0 Å². The number of carbonyl (C=O) groups excluding carboxylic acids is 1.